The van der Waals surface area contributed by atoms with E-state index >= 15 is 0 Å². The maximum atomic E-state index is 4.27. The summed E-state index contributed by atoms with van der Waals surface area (Å²) in [5.74, 6) is 0.636. The highest BCUT2D eigenvalue weighted by molar-refractivity contribution is 5.69. The third-order valence-corrected chi connectivity index (χ3v) is 4.33. The summed E-state index contributed by atoms with van der Waals surface area (Å²) in [4.78, 5) is 2.52. The van der Waals surface area contributed by atoms with E-state index in [1.54, 1.807) is 0 Å². The molecule has 0 radical (unpaired) electrons. The van der Waals surface area contributed by atoms with Crippen LogP contribution in [0.15, 0.2) is 30.6 Å². The smallest absolute Gasteiger partial charge is 0.0568 e. The molecule has 1 aliphatic rings. The Morgan fingerprint density at radius 2 is 2.05 bits per heavy atom. The quantitative estimate of drug-likeness (QED) is 0.826. The number of aryl methyl sites for hydroxylation is 1. The van der Waals surface area contributed by atoms with Gasteiger partial charge in [0.1, 0.15) is 0 Å². The molecule has 0 saturated heterocycles. The Morgan fingerprint density at radius 1 is 1.25 bits per heavy atom. The Bertz CT molecular complexity index is 612. The summed E-state index contributed by atoms with van der Waals surface area (Å²) in [6.07, 6.45) is 5.26. The molecule has 0 unspecified atom stereocenters. The van der Waals surface area contributed by atoms with Crippen LogP contribution >= 0.6 is 0 Å². The molecule has 1 atom stereocenters. The highest BCUT2D eigenvalue weighted by Crippen LogP contribution is 2.38. The number of anilines is 1. The zero-order chi connectivity index (χ0) is 14.3. The van der Waals surface area contributed by atoms with E-state index in [1.807, 2.05) is 17.9 Å². The van der Waals surface area contributed by atoms with E-state index in [-0.39, 0.29) is 0 Å². The molecule has 3 nitrogen and oxygen atoms in total. The van der Waals surface area contributed by atoms with Gasteiger partial charge < -0.3 is 4.90 Å². The molecule has 1 aromatic heterocycles. The fourth-order valence-corrected chi connectivity index (χ4v) is 3.11. The molecule has 0 saturated carbocycles. The number of nitrogens with zero attached hydrogens (tertiary/aromatic N) is 3. The fourth-order valence-electron chi connectivity index (χ4n) is 3.11. The molecule has 20 heavy (non-hydrogen) atoms. The van der Waals surface area contributed by atoms with Crippen LogP contribution in [0.2, 0.25) is 0 Å². The maximum Gasteiger partial charge on any atom is 0.0568 e. The highest BCUT2D eigenvalue weighted by Gasteiger charge is 2.24. The van der Waals surface area contributed by atoms with E-state index in [4.69, 9.17) is 0 Å². The predicted molar refractivity (Wildman–Crippen MR) is 84.2 cm³/mol. The lowest BCUT2D eigenvalue weighted by Crippen LogP contribution is -2.36. The molecule has 0 amide bonds. The van der Waals surface area contributed by atoms with Crippen LogP contribution < -0.4 is 4.90 Å². The van der Waals surface area contributed by atoms with Crippen molar-refractivity contribution in [2.75, 3.05) is 11.4 Å². The van der Waals surface area contributed by atoms with E-state index in [0.717, 1.165) is 6.54 Å². The molecule has 2 heterocycles. The van der Waals surface area contributed by atoms with E-state index in [0.29, 0.717) is 12.0 Å². The lowest BCUT2D eigenvalue weighted by molar-refractivity contribution is 0.573. The summed E-state index contributed by atoms with van der Waals surface area (Å²) in [7, 11) is 1.96. The Hall–Kier alpha value is -1.77. The normalized spacial score (nSPS) is 18.4. The van der Waals surface area contributed by atoms with Crippen LogP contribution in [0.5, 0.6) is 0 Å². The molecule has 3 heteroatoms. The molecule has 2 aromatic rings. The minimum absolute atomic E-state index is 0.561. The van der Waals surface area contributed by atoms with Crippen LogP contribution in [-0.2, 0) is 7.05 Å². The Kier molecular flexibility index (Phi) is 3.28. The van der Waals surface area contributed by atoms with Crippen molar-refractivity contribution >= 4 is 5.69 Å². The molecule has 106 valence electrons. The summed E-state index contributed by atoms with van der Waals surface area (Å²) in [6.45, 7) is 8.05. The molecule has 0 bridgehead atoms. The molecular weight excluding hydrogens is 246 g/mol. The lowest BCUT2D eigenvalue weighted by Gasteiger charge is -2.37. The van der Waals surface area contributed by atoms with Gasteiger partial charge in [0.2, 0.25) is 0 Å². The average Bonchev–Trinajstić information content (AvgIpc) is 2.85. The van der Waals surface area contributed by atoms with Gasteiger partial charge in [-0.05, 0) is 49.4 Å². The van der Waals surface area contributed by atoms with Crippen molar-refractivity contribution in [2.24, 2.45) is 7.05 Å². The summed E-state index contributed by atoms with van der Waals surface area (Å²) in [6, 6.07) is 7.42. The van der Waals surface area contributed by atoms with Crippen LogP contribution in [-0.4, -0.2) is 22.4 Å². The number of hydrogen-bond donors (Lipinski definition) is 0. The maximum absolute atomic E-state index is 4.27. The second-order valence-electron chi connectivity index (χ2n) is 6.15. The topological polar surface area (TPSA) is 21.1 Å². The molecule has 0 aliphatic carbocycles. The first-order chi connectivity index (χ1) is 9.56. The first kappa shape index (κ1) is 13.2. The Balaban J connectivity index is 2.05. The van der Waals surface area contributed by atoms with Crippen molar-refractivity contribution in [2.45, 2.75) is 39.2 Å². The zero-order valence-electron chi connectivity index (χ0n) is 12.8. The number of rotatable bonds is 2. The third kappa shape index (κ3) is 2.21. The van der Waals surface area contributed by atoms with Crippen LogP contribution in [0.1, 0.15) is 38.7 Å². The Labute approximate surface area is 121 Å². The molecule has 0 N–H and O–H groups in total. The van der Waals surface area contributed by atoms with Crippen LogP contribution in [0, 0.1) is 0 Å². The van der Waals surface area contributed by atoms with Crippen LogP contribution in [0.3, 0.4) is 0 Å². The molecule has 3 rings (SSSR count). The molecule has 0 spiro atoms. The molecular formula is C17H23N3. The van der Waals surface area contributed by atoms with Gasteiger partial charge in [-0.15, -0.1) is 0 Å². The lowest BCUT2D eigenvalue weighted by atomic mass is 9.88. The van der Waals surface area contributed by atoms with Gasteiger partial charge in [-0.3, -0.25) is 4.68 Å². The summed E-state index contributed by atoms with van der Waals surface area (Å²) >= 11 is 0. The monoisotopic (exact) mass is 269 g/mol. The predicted octanol–water partition coefficient (Wildman–Crippen LogP) is 3.81. The number of hydrogen-bond acceptors (Lipinski definition) is 2. The minimum atomic E-state index is 0.561. The Morgan fingerprint density at radius 3 is 2.70 bits per heavy atom. The third-order valence-electron chi connectivity index (χ3n) is 4.33. The van der Waals surface area contributed by atoms with Gasteiger partial charge in [-0.1, -0.05) is 13.0 Å². The van der Waals surface area contributed by atoms with Crippen molar-refractivity contribution in [3.05, 3.63) is 36.2 Å². The fraction of sp³-hybridized carbons (Fsp3) is 0.471. The van der Waals surface area contributed by atoms with Crippen LogP contribution in [0.4, 0.5) is 5.69 Å². The van der Waals surface area contributed by atoms with E-state index in [2.05, 4.69) is 55.2 Å². The van der Waals surface area contributed by atoms with Gasteiger partial charge in [0.15, 0.2) is 0 Å². The second-order valence-corrected chi connectivity index (χ2v) is 6.15. The molecule has 1 aliphatic heterocycles. The average molecular weight is 269 g/mol. The van der Waals surface area contributed by atoms with Gasteiger partial charge in [-0.25, -0.2) is 0 Å². The van der Waals surface area contributed by atoms with E-state index in [1.165, 1.54) is 28.8 Å². The molecule has 1 aromatic carbocycles. The SMILES string of the molecule is CC(C)N1CC[C@@H](C)c2cc(-c3cnn(C)c3)ccc21. The summed E-state index contributed by atoms with van der Waals surface area (Å²) < 4.78 is 1.86. The van der Waals surface area contributed by atoms with Crippen molar-refractivity contribution in [3.63, 3.8) is 0 Å². The summed E-state index contributed by atoms with van der Waals surface area (Å²) in [5, 5.41) is 4.27. The summed E-state index contributed by atoms with van der Waals surface area (Å²) in [5.41, 5.74) is 5.36. The first-order valence-electron chi connectivity index (χ1n) is 7.46. The van der Waals surface area contributed by atoms with Gasteiger partial charge >= 0.3 is 0 Å². The van der Waals surface area contributed by atoms with Crippen molar-refractivity contribution < 1.29 is 0 Å². The van der Waals surface area contributed by atoms with Gasteiger partial charge in [-0.2, -0.15) is 5.10 Å². The van der Waals surface area contributed by atoms with Gasteiger partial charge in [0.05, 0.1) is 6.20 Å². The molecule has 0 fully saturated rings. The minimum Gasteiger partial charge on any atom is -0.369 e. The van der Waals surface area contributed by atoms with Crippen molar-refractivity contribution in [3.8, 4) is 11.1 Å². The zero-order valence-corrected chi connectivity index (χ0v) is 12.8. The van der Waals surface area contributed by atoms with Crippen LogP contribution in [0.25, 0.3) is 11.1 Å². The second kappa shape index (κ2) is 4.97. The number of fused-ring (bicyclic) bond motifs is 1. The van der Waals surface area contributed by atoms with Gasteiger partial charge in [0.25, 0.3) is 0 Å². The highest BCUT2D eigenvalue weighted by atomic mass is 15.2. The standard InChI is InChI=1S/C17H23N3/c1-12(2)20-8-7-13(3)16-9-14(5-6-17(16)20)15-10-18-19(4)11-15/h5-6,9-13H,7-8H2,1-4H3/t13-/m1/s1. The van der Waals surface area contributed by atoms with E-state index < -0.39 is 0 Å². The van der Waals surface area contributed by atoms with Crippen molar-refractivity contribution in [1.82, 2.24) is 9.78 Å². The van der Waals surface area contributed by atoms with Crippen molar-refractivity contribution in [1.29, 1.82) is 0 Å². The number of benzene rings is 1. The van der Waals surface area contributed by atoms with E-state index in [9.17, 15) is 0 Å². The largest absolute Gasteiger partial charge is 0.369 e. The first-order valence-corrected chi connectivity index (χ1v) is 7.46. The van der Waals surface area contributed by atoms with Gasteiger partial charge in [0, 0.05) is 37.1 Å². The number of aromatic nitrogens is 2.